The lowest BCUT2D eigenvalue weighted by Gasteiger charge is -2.23. The predicted octanol–water partition coefficient (Wildman–Crippen LogP) is 3.12. The summed E-state index contributed by atoms with van der Waals surface area (Å²) in [6.45, 7) is 13.1. The van der Waals surface area contributed by atoms with Gasteiger partial charge in [0.2, 0.25) is 0 Å². The van der Waals surface area contributed by atoms with Crippen molar-refractivity contribution in [3.8, 4) is 0 Å². The number of hydrogen-bond donors (Lipinski definition) is 0. The van der Waals surface area contributed by atoms with Crippen LogP contribution < -0.4 is 0 Å². The first-order valence-corrected chi connectivity index (χ1v) is 5.67. The molecule has 1 aliphatic rings. The largest absolute Gasteiger partial charge is 0.475 e. The predicted molar refractivity (Wildman–Crippen MR) is 60.6 cm³/mol. The molecule has 0 bridgehead atoms. The minimum Gasteiger partial charge on any atom is -0.475 e. The smallest absolute Gasteiger partial charge is 0.186 e. The first-order valence-electron chi connectivity index (χ1n) is 5.67. The van der Waals surface area contributed by atoms with E-state index >= 15 is 0 Å². The SMILES string of the molecule is CC(C)C1=NC(C(C)C)C(C(C)C)O1. The van der Waals surface area contributed by atoms with Crippen LogP contribution in [0.1, 0.15) is 41.5 Å². The highest BCUT2D eigenvalue weighted by Crippen LogP contribution is 2.28. The highest BCUT2D eigenvalue weighted by atomic mass is 16.5. The van der Waals surface area contributed by atoms with Gasteiger partial charge in [-0.15, -0.1) is 0 Å². The fourth-order valence-electron chi connectivity index (χ4n) is 1.80. The van der Waals surface area contributed by atoms with Gasteiger partial charge in [0.05, 0.1) is 6.04 Å². The minimum absolute atomic E-state index is 0.285. The molecule has 82 valence electrons. The molecule has 0 saturated heterocycles. The lowest BCUT2D eigenvalue weighted by atomic mass is 9.92. The third kappa shape index (κ3) is 2.28. The van der Waals surface area contributed by atoms with Gasteiger partial charge in [0, 0.05) is 5.92 Å². The summed E-state index contributed by atoms with van der Waals surface area (Å²) in [7, 11) is 0. The average molecular weight is 197 g/mol. The van der Waals surface area contributed by atoms with Gasteiger partial charge in [-0.3, -0.25) is 0 Å². The van der Waals surface area contributed by atoms with E-state index < -0.39 is 0 Å². The van der Waals surface area contributed by atoms with Gasteiger partial charge in [0.15, 0.2) is 5.90 Å². The Labute approximate surface area is 87.8 Å². The van der Waals surface area contributed by atoms with Crippen molar-refractivity contribution in [3.63, 3.8) is 0 Å². The van der Waals surface area contributed by atoms with Crippen LogP contribution in [0.15, 0.2) is 4.99 Å². The number of nitrogens with zero attached hydrogens (tertiary/aromatic N) is 1. The van der Waals surface area contributed by atoms with Crippen molar-refractivity contribution in [2.24, 2.45) is 22.7 Å². The fraction of sp³-hybridized carbons (Fsp3) is 0.917. The van der Waals surface area contributed by atoms with Gasteiger partial charge in [-0.2, -0.15) is 0 Å². The van der Waals surface area contributed by atoms with E-state index in [-0.39, 0.29) is 6.10 Å². The van der Waals surface area contributed by atoms with Crippen LogP contribution in [-0.4, -0.2) is 18.0 Å². The van der Waals surface area contributed by atoms with Crippen molar-refractivity contribution in [3.05, 3.63) is 0 Å². The van der Waals surface area contributed by atoms with Crippen molar-refractivity contribution in [2.75, 3.05) is 0 Å². The Hall–Kier alpha value is -0.530. The number of rotatable bonds is 3. The van der Waals surface area contributed by atoms with E-state index in [1.807, 2.05) is 0 Å². The molecule has 0 aromatic heterocycles. The van der Waals surface area contributed by atoms with Crippen LogP contribution in [0.3, 0.4) is 0 Å². The highest BCUT2D eigenvalue weighted by molar-refractivity contribution is 5.80. The van der Waals surface area contributed by atoms with E-state index in [9.17, 15) is 0 Å². The molecule has 0 aromatic carbocycles. The Balaban J connectivity index is 2.76. The van der Waals surface area contributed by atoms with Gasteiger partial charge in [-0.25, -0.2) is 4.99 Å². The number of ether oxygens (including phenoxy) is 1. The first kappa shape index (κ1) is 11.5. The maximum absolute atomic E-state index is 5.91. The molecule has 2 atom stereocenters. The maximum atomic E-state index is 5.91. The van der Waals surface area contributed by atoms with Crippen molar-refractivity contribution >= 4 is 5.90 Å². The Kier molecular flexibility index (Phi) is 3.57. The second-order valence-corrected chi connectivity index (χ2v) is 5.18. The van der Waals surface area contributed by atoms with E-state index in [1.54, 1.807) is 0 Å². The maximum Gasteiger partial charge on any atom is 0.186 e. The van der Waals surface area contributed by atoms with Crippen LogP contribution in [0, 0.1) is 17.8 Å². The summed E-state index contributed by atoms with van der Waals surface area (Å²) in [5, 5.41) is 0. The second-order valence-electron chi connectivity index (χ2n) is 5.18. The Morgan fingerprint density at radius 2 is 1.57 bits per heavy atom. The van der Waals surface area contributed by atoms with Crippen LogP contribution in [0.2, 0.25) is 0 Å². The average Bonchev–Trinajstić information content (AvgIpc) is 2.47. The van der Waals surface area contributed by atoms with E-state index in [0.29, 0.717) is 23.8 Å². The summed E-state index contributed by atoms with van der Waals surface area (Å²) < 4.78 is 5.91. The first-order chi connectivity index (χ1) is 6.43. The van der Waals surface area contributed by atoms with Crippen LogP contribution in [-0.2, 0) is 4.74 Å². The molecule has 0 N–H and O–H groups in total. The molecule has 0 aromatic rings. The molecule has 2 heteroatoms. The second kappa shape index (κ2) is 4.33. The normalized spacial score (nSPS) is 27.4. The molecule has 2 unspecified atom stereocenters. The van der Waals surface area contributed by atoms with Crippen molar-refractivity contribution in [1.29, 1.82) is 0 Å². The van der Waals surface area contributed by atoms with Crippen molar-refractivity contribution in [1.82, 2.24) is 0 Å². The summed E-state index contributed by atoms with van der Waals surface area (Å²) in [4.78, 5) is 4.68. The third-order valence-electron chi connectivity index (χ3n) is 2.70. The van der Waals surface area contributed by atoms with Crippen molar-refractivity contribution < 1.29 is 4.74 Å². The lowest BCUT2D eigenvalue weighted by molar-refractivity contribution is 0.119. The molecule has 0 fully saturated rings. The zero-order valence-corrected chi connectivity index (χ0v) is 10.2. The molecule has 0 radical (unpaired) electrons. The van der Waals surface area contributed by atoms with Crippen LogP contribution >= 0.6 is 0 Å². The van der Waals surface area contributed by atoms with Gasteiger partial charge in [-0.1, -0.05) is 41.5 Å². The van der Waals surface area contributed by atoms with E-state index in [1.165, 1.54) is 0 Å². The van der Waals surface area contributed by atoms with Crippen LogP contribution in [0.25, 0.3) is 0 Å². The summed E-state index contributed by atoms with van der Waals surface area (Å²) in [5.74, 6) is 2.48. The molecule has 1 rings (SSSR count). The number of aliphatic imine (C=N–C) groups is 1. The molecule has 2 nitrogen and oxygen atoms in total. The van der Waals surface area contributed by atoms with Crippen molar-refractivity contribution in [2.45, 2.75) is 53.7 Å². The zero-order chi connectivity index (χ0) is 10.9. The Morgan fingerprint density at radius 3 is 1.86 bits per heavy atom. The van der Waals surface area contributed by atoms with E-state index in [2.05, 4.69) is 46.5 Å². The summed E-state index contributed by atoms with van der Waals surface area (Å²) >= 11 is 0. The summed E-state index contributed by atoms with van der Waals surface area (Å²) in [6, 6.07) is 0.354. The minimum atomic E-state index is 0.285. The van der Waals surface area contributed by atoms with E-state index in [4.69, 9.17) is 4.74 Å². The van der Waals surface area contributed by atoms with Gasteiger partial charge >= 0.3 is 0 Å². The molecular formula is C12H23NO. The van der Waals surface area contributed by atoms with Gasteiger partial charge in [-0.05, 0) is 11.8 Å². The molecular weight excluding hydrogens is 174 g/mol. The van der Waals surface area contributed by atoms with Crippen LogP contribution in [0.5, 0.6) is 0 Å². The standard InChI is InChI=1S/C12H23NO/c1-7(2)10-11(8(3)4)14-12(13-10)9(5)6/h7-11H,1-6H3. The molecule has 0 aliphatic carbocycles. The lowest BCUT2D eigenvalue weighted by Crippen LogP contribution is -2.32. The van der Waals surface area contributed by atoms with Gasteiger partial charge < -0.3 is 4.74 Å². The van der Waals surface area contributed by atoms with Crippen LogP contribution in [0.4, 0.5) is 0 Å². The molecule has 1 aliphatic heterocycles. The molecule has 0 amide bonds. The molecule has 14 heavy (non-hydrogen) atoms. The molecule has 0 spiro atoms. The summed E-state index contributed by atoms with van der Waals surface area (Å²) in [6.07, 6.45) is 0.285. The Bertz CT molecular complexity index is 218. The monoisotopic (exact) mass is 197 g/mol. The van der Waals surface area contributed by atoms with E-state index in [0.717, 1.165) is 5.90 Å². The Morgan fingerprint density at radius 1 is 1.00 bits per heavy atom. The topological polar surface area (TPSA) is 21.6 Å². The molecule has 1 heterocycles. The molecule has 0 saturated carbocycles. The quantitative estimate of drug-likeness (QED) is 0.681. The fourth-order valence-corrected chi connectivity index (χ4v) is 1.80. The summed E-state index contributed by atoms with van der Waals surface area (Å²) in [5.41, 5.74) is 0. The highest BCUT2D eigenvalue weighted by Gasteiger charge is 2.35. The number of hydrogen-bond acceptors (Lipinski definition) is 2. The van der Waals surface area contributed by atoms with Gasteiger partial charge in [0.25, 0.3) is 0 Å². The third-order valence-corrected chi connectivity index (χ3v) is 2.70. The van der Waals surface area contributed by atoms with Gasteiger partial charge in [0.1, 0.15) is 6.10 Å². The zero-order valence-electron chi connectivity index (χ0n) is 10.2.